The number of nitrogens with zero attached hydrogens (tertiary/aromatic N) is 3. The Morgan fingerprint density at radius 3 is 2.59 bits per heavy atom. The quantitative estimate of drug-likeness (QED) is 0.373. The van der Waals surface area contributed by atoms with E-state index in [2.05, 4.69) is 43.6 Å². The Morgan fingerprint density at radius 2 is 2.00 bits per heavy atom. The van der Waals surface area contributed by atoms with E-state index >= 15 is 0 Å². The van der Waals surface area contributed by atoms with Crippen LogP contribution in [-0.2, 0) is 16.8 Å². The van der Waals surface area contributed by atoms with Crippen LogP contribution in [0.3, 0.4) is 0 Å². The number of methoxy groups -OCH3 is 1. The summed E-state index contributed by atoms with van der Waals surface area (Å²) in [6.07, 6.45) is 4.40. The van der Waals surface area contributed by atoms with Gasteiger partial charge in [0.25, 0.3) is 0 Å². The Labute approximate surface area is 170 Å². The molecular formula is C20H28ClN3O2S. The van der Waals surface area contributed by atoms with Gasteiger partial charge < -0.3 is 14.1 Å². The molecule has 2 aromatic rings. The van der Waals surface area contributed by atoms with Gasteiger partial charge in [-0.05, 0) is 30.0 Å². The summed E-state index contributed by atoms with van der Waals surface area (Å²) in [5.41, 5.74) is 0.748. The molecule has 27 heavy (non-hydrogen) atoms. The number of thiazole rings is 1. The normalized spacial score (nSPS) is 13.1. The van der Waals surface area contributed by atoms with Gasteiger partial charge in [-0.15, -0.1) is 11.3 Å². The molecule has 148 valence electrons. The SMILES string of the molecule is CCCCn1cc(C(C)(C)C)sc1=N/C(=N/OC)c1cc(Cl)ccc1OC. The summed E-state index contributed by atoms with van der Waals surface area (Å²) in [7, 11) is 3.12. The lowest BCUT2D eigenvalue weighted by Crippen LogP contribution is -2.17. The van der Waals surface area contributed by atoms with Crippen LogP contribution in [0.2, 0.25) is 5.02 Å². The molecule has 0 spiro atoms. The maximum absolute atomic E-state index is 6.19. The highest BCUT2D eigenvalue weighted by molar-refractivity contribution is 7.09. The molecule has 0 saturated heterocycles. The number of oxime groups is 1. The van der Waals surface area contributed by atoms with Gasteiger partial charge in [-0.25, -0.2) is 0 Å². The van der Waals surface area contributed by atoms with Crippen LogP contribution in [-0.4, -0.2) is 24.6 Å². The molecule has 0 aliphatic heterocycles. The third-order valence-corrected chi connectivity index (χ3v) is 5.67. The average Bonchev–Trinajstić information content (AvgIpc) is 3.02. The second-order valence-electron chi connectivity index (χ2n) is 7.23. The molecular weight excluding hydrogens is 382 g/mol. The van der Waals surface area contributed by atoms with Crippen LogP contribution in [0.15, 0.2) is 34.5 Å². The first-order valence-electron chi connectivity index (χ1n) is 9.00. The Kier molecular flexibility index (Phi) is 7.50. The minimum atomic E-state index is 0.0543. The second-order valence-corrected chi connectivity index (χ2v) is 8.67. The minimum Gasteiger partial charge on any atom is -0.496 e. The van der Waals surface area contributed by atoms with E-state index in [1.807, 2.05) is 0 Å². The summed E-state index contributed by atoms with van der Waals surface area (Å²) in [4.78, 5) is 12.0. The largest absolute Gasteiger partial charge is 0.496 e. The first-order valence-corrected chi connectivity index (χ1v) is 10.2. The van der Waals surface area contributed by atoms with Crippen LogP contribution in [0.4, 0.5) is 0 Å². The van der Waals surface area contributed by atoms with Crippen molar-refractivity contribution in [2.75, 3.05) is 14.2 Å². The molecule has 0 aliphatic rings. The molecule has 0 bridgehead atoms. The minimum absolute atomic E-state index is 0.0543. The predicted molar refractivity (Wildman–Crippen MR) is 113 cm³/mol. The average molecular weight is 410 g/mol. The van der Waals surface area contributed by atoms with E-state index in [0.29, 0.717) is 22.2 Å². The topological polar surface area (TPSA) is 48.1 Å². The number of aryl methyl sites for hydroxylation is 1. The van der Waals surface area contributed by atoms with Gasteiger partial charge in [-0.2, -0.15) is 4.99 Å². The molecule has 0 atom stereocenters. The molecule has 1 aromatic carbocycles. The number of ether oxygens (including phenoxy) is 1. The fourth-order valence-electron chi connectivity index (χ4n) is 2.46. The lowest BCUT2D eigenvalue weighted by molar-refractivity contribution is 0.213. The maximum Gasteiger partial charge on any atom is 0.205 e. The summed E-state index contributed by atoms with van der Waals surface area (Å²) in [5.74, 6) is 1.08. The van der Waals surface area contributed by atoms with Crippen molar-refractivity contribution in [2.24, 2.45) is 10.1 Å². The molecule has 5 nitrogen and oxygen atoms in total. The molecule has 0 aliphatic carbocycles. The molecule has 7 heteroatoms. The zero-order chi connectivity index (χ0) is 20.0. The van der Waals surface area contributed by atoms with E-state index in [1.54, 1.807) is 36.6 Å². The van der Waals surface area contributed by atoms with E-state index in [1.165, 1.54) is 12.0 Å². The lowest BCUT2D eigenvalue weighted by atomic mass is 9.95. The number of unbranched alkanes of at least 4 members (excludes halogenated alkanes) is 1. The van der Waals surface area contributed by atoms with Gasteiger partial charge in [0.2, 0.25) is 5.84 Å². The molecule has 0 N–H and O–H groups in total. The van der Waals surface area contributed by atoms with E-state index < -0.39 is 0 Å². The van der Waals surface area contributed by atoms with Crippen LogP contribution in [0.1, 0.15) is 51.0 Å². The number of hydrogen-bond donors (Lipinski definition) is 0. The molecule has 0 unspecified atom stereocenters. The highest BCUT2D eigenvalue weighted by Gasteiger charge is 2.19. The molecule has 1 aromatic heterocycles. The fraction of sp³-hybridized carbons (Fsp3) is 0.500. The number of halogens is 1. The van der Waals surface area contributed by atoms with Crippen molar-refractivity contribution in [1.82, 2.24) is 4.57 Å². The van der Waals surface area contributed by atoms with Crippen molar-refractivity contribution in [3.8, 4) is 5.75 Å². The Morgan fingerprint density at radius 1 is 1.26 bits per heavy atom. The molecule has 0 radical (unpaired) electrons. The van der Waals surface area contributed by atoms with Crippen LogP contribution >= 0.6 is 22.9 Å². The van der Waals surface area contributed by atoms with Gasteiger partial charge in [0, 0.05) is 22.6 Å². The second kappa shape index (κ2) is 9.42. The van der Waals surface area contributed by atoms with E-state index in [-0.39, 0.29) is 5.41 Å². The summed E-state index contributed by atoms with van der Waals surface area (Å²) in [5, 5.41) is 4.73. The monoisotopic (exact) mass is 409 g/mol. The van der Waals surface area contributed by atoms with Crippen LogP contribution < -0.4 is 9.54 Å². The van der Waals surface area contributed by atoms with Crippen LogP contribution in [0.25, 0.3) is 0 Å². The standard InChI is InChI=1S/C20H28ClN3O2S/c1-7-8-11-24-13-17(20(2,3)4)27-19(24)22-18(23-26-6)15-12-14(21)9-10-16(15)25-5/h9-10,12-13H,7-8,11H2,1-6H3/b22-19?,23-18+. The first kappa shape index (κ1) is 21.5. The molecule has 0 fully saturated rings. The van der Waals surface area contributed by atoms with E-state index in [0.717, 1.165) is 24.2 Å². The molecule has 2 rings (SSSR count). The highest BCUT2D eigenvalue weighted by atomic mass is 35.5. The zero-order valence-electron chi connectivity index (χ0n) is 16.9. The van der Waals surface area contributed by atoms with Crippen LogP contribution in [0, 0.1) is 0 Å². The van der Waals surface area contributed by atoms with Crippen molar-refractivity contribution in [3.05, 3.63) is 44.7 Å². The number of amidine groups is 1. The lowest BCUT2D eigenvalue weighted by Gasteiger charge is -2.14. The third kappa shape index (κ3) is 5.59. The third-order valence-electron chi connectivity index (χ3n) is 3.99. The zero-order valence-corrected chi connectivity index (χ0v) is 18.4. The van der Waals surface area contributed by atoms with Gasteiger partial charge in [0.05, 0.1) is 12.7 Å². The predicted octanol–water partition coefficient (Wildman–Crippen LogP) is 5.22. The van der Waals surface area contributed by atoms with E-state index in [9.17, 15) is 0 Å². The molecule has 0 saturated carbocycles. The van der Waals surface area contributed by atoms with Crippen molar-refractivity contribution in [1.29, 1.82) is 0 Å². The van der Waals surface area contributed by atoms with Gasteiger partial charge in [0.15, 0.2) is 4.80 Å². The van der Waals surface area contributed by atoms with Gasteiger partial charge in [-0.3, -0.25) is 0 Å². The highest BCUT2D eigenvalue weighted by Crippen LogP contribution is 2.26. The summed E-state index contributed by atoms with van der Waals surface area (Å²) < 4.78 is 7.65. The smallest absolute Gasteiger partial charge is 0.205 e. The first-order chi connectivity index (χ1) is 12.8. The number of hydrogen-bond acceptors (Lipinski definition) is 4. The molecule has 1 heterocycles. The Bertz CT molecular complexity index is 863. The van der Waals surface area contributed by atoms with Crippen molar-refractivity contribution in [2.45, 2.75) is 52.5 Å². The fourth-order valence-corrected chi connectivity index (χ4v) is 3.71. The maximum atomic E-state index is 6.19. The van der Waals surface area contributed by atoms with Gasteiger partial charge >= 0.3 is 0 Å². The molecule has 0 amide bonds. The van der Waals surface area contributed by atoms with Gasteiger partial charge in [0.1, 0.15) is 12.9 Å². The van der Waals surface area contributed by atoms with E-state index in [4.69, 9.17) is 26.2 Å². The number of aromatic nitrogens is 1. The van der Waals surface area contributed by atoms with Crippen molar-refractivity contribution < 1.29 is 9.57 Å². The summed E-state index contributed by atoms with van der Waals surface area (Å²) >= 11 is 7.86. The summed E-state index contributed by atoms with van der Waals surface area (Å²) in [6.45, 7) is 9.71. The van der Waals surface area contributed by atoms with Crippen molar-refractivity contribution >= 4 is 28.8 Å². The van der Waals surface area contributed by atoms with Gasteiger partial charge in [-0.1, -0.05) is 50.9 Å². The number of benzene rings is 1. The Hall–Kier alpha value is -1.79. The number of rotatable bonds is 6. The summed E-state index contributed by atoms with van der Waals surface area (Å²) in [6, 6.07) is 5.37. The Balaban J connectivity index is 2.63. The van der Waals surface area contributed by atoms with Crippen LogP contribution in [0.5, 0.6) is 5.75 Å². The van der Waals surface area contributed by atoms with Crippen molar-refractivity contribution in [3.63, 3.8) is 0 Å².